The molecule has 1 heterocycles. The lowest BCUT2D eigenvalue weighted by Crippen LogP contribution is -2.36. The van der Waals surface area contributed by atoms with Crippen LogP contribution in [-0.2, 0) is 9.47 Å². The Bertz CT molecular complexity index is 544. The quantitative estimate of drug-likeness (QED) is 0.394. The predicted octanol–water partition coefficient (Wildman–Crippen LogP) is 4.52. The maximum absolute atomic E-state index is 12.1. The molecule has 146 valence electrons. The number of nitrogens with zero attached hydrogens (tertiary/aromatic N) is 1. The molecule has 0 aliphatic carbocycles. The summed E-state index contributed by atoms with van der Waals surface area (Å²) >= 11 is 6.06. The van der Waals surface area contributed by atoms with Gasteiger partial charge in [-0.15, -0.1) is 0 Å². The molecule has 0 N–H and O–H groups in total. The first-order valence-corrected chi connectivity index (χ1v) is 10.2. The van der Waals surface area contributed by atoms with E-state index in [9.17, 15) is 4.79 Å². The summed E-state index contributed by atoms with van der Waals surface area (Å²) in [6.45, 7) is 7.87. The van der Waals surface area contributed by atoms with Gasteiger partial charge in [0, 0.05) is 30.3 Å². The van der Waals surface area contributed by atoms with Gasteiger partial charge in [-0.1, -0.05) is 49.4 Å². The molecule has 2 rings (SSSR count). The number of rotatable bonds is 12. The molecular weight excluding hydrogens is 350 g/mol. The van der Waals surface area contributed by atoms with E-state index in [0.29, 0.717) is 17.2 Å². The molecule has 1 aliphatic heterocycles. The monoisotopic (exact) mass is 381 g/mol. The van der Waals surface area contributed by atoms with E-state index < -0.39 is 0 Å². The molecule has 0 spiro atoms. The van der Waals surface area contributed by atoms with Crippen molar-refractivity contribution < 1.29 is 14.3 Å². The topological polar surface area (TPSA) is 38.8 Å². The summed E-state index contributed by atoms with van der Waals surface area (Å²) in [7, 11) is 0. The van der Waals surface area contributed by atoms with E-state index in [1.54, 1.807) is 6.07 Å². The van der Waals surface area contributed by atoms with Crippen LogP contribution in [0.1, 0.15) is 54.4 Å². The Morgan fingerprint density at radius 3 is 2.54 bits per heavy atom. The van der Waals surface area contributed by atoms with Gasteiger partial charge in [0.15, 0.2) is 5.78 Å². The fourth-order valence-electron chi connectivity index (χ4n) is 3.09. The summed E-state index contributed by atoms with van der Waals surface area (Å²) < 4.78 is 10.9. The second-order valence-electron chi connectivity index (χ2n) is 7.02. The van der Waals surface area contributed by atoms with Gasteiger partial charge in [0.25, 0.3) is 0 Å². The number of hydrogen-bond donors (Lipinski definition) is 0. The number of unbranched alkanes of at least 4 members (excludes halogenated alkanes) is 5. The predicted molar refractivity (Wildman–Crippen MR) is 106 cm³/mol. The number of halogens is 1. The average molecular weight is 382 g/mol. The van der Waals surface area contributed by atoms with Crippen LogP contribution in [0.5, 0.6) is 0 Å². The van der Waals surface area contributed by atoms with Crippen molar-refractivity contribution in [3.63, 3.8) is 0 Å². The van der Waals surface area contributed by atoms with Crippen LogP contribution >= 0.6 is 11.6 Å². The smallest absolute Gasteiger partial charge is 0.188 e. The van der Waals surface area contributed by atoms with E-state index >= 15 is 0 Å². The number of ketones is 1. The van der Waals surface area contributed by atoms with Crippen molar-refractivity contribution in [3.8, 4) is 0 Å². The molecule has 1 fully saturated rings. The zero-order chi connectivity index (χ0) is 18.6. The van der Waals surface area contributed by atoms with Crippen molar-refractivity contribution in [2.75, 3.05) is 46.1 Å². The SMILES string of the molecule is Cc1ccc(C(=O)COCCCCCCCCN2CCOCC2)cc1Cl. The summed E-state index contributed by atoms with van der Waals surface area (Å²) in [4.78, 5) is 14.5. The number of carbonyl (C=O) groups is 1. The molecule has 0 saturated carbocycles. The van der Waals surface area contributed by atoms with Gasteiger partial charge in [-0.3, -0.25) is 9.69 Å². The van der Waals surface area contributed by atoms with Crippen LogP contribution in [0.25, 0.3) is 0 Å². The van der Waals surface area contributed by atoms with Gasteiger partial charge in [0.1, 0.15) is 6.61 Å². The van der Waals surface area contributed by atoms with Crippen molar-refractivity contribution in [3.05, 3.63) is 34.3 Å². The van der Waals surface area contributed by atoms with E-state index in [1.165, 1.54) is 38.6 Å². The molecule has 0 unspecified atom stereocenters. The Kier molecular flexibility index (Phi) is 10.2. The highest BCUT2D eigenvalue weighted by Gasteiger charge is 2.09. The van der Waals surface area contributed by atoms with E-state index in [1.807, 2.05) is 19.1 Å². The first kappa shape index (κ1) is 21.4. The van der Waals surface area contributed by atoms with Crippen LogP contribution in [0.3, 0.4) is 0 Å². The number of morpholine rings is 1. The number of benzene rings is 1. The Morgan fingerprint density at radius 1 is 1.12 bits per heavy atom. The Morgan fingerprint density at radius 2 is 1.81 bits per heavy atom. The van der Waals surface area contributed by atoms with Gasteiger partial charge in [-0.2, -0.15) is 0 Å². The Labute approximate surface area is 162 Å². The third kappa shape index (κ3) is 8.17. The number of ether oxygens (including phenoxy) is 2. The zero-order valence-electron chi connectivity index (χ0n) is 16.0. The number of hydrogen-bond acceptors (Lipinski definition) is 4. The molecule has 1 aromatic rings. The molecule has 5 heteroatoms. The number of aryl methyl sites for hydroxylation is 1. The highest BCUT2D eigenvalue weighted by Crippen LogP contribution is 2.17. The van der Waals surface area contributed by atoms with Crippen molar-refractivity contribution in [2.24, 2.45) is 0 Å². The molecular formula is C21H32ClNO3. The van der Waals surface area contributed by atoms with Crippen LogP contribution in [0.4, 0.5) is 0 Å². The number of Topliss-reactive ketones (excluding diaryl/α,β-unsaturated/α-hetero) is 1. The first-order valence-electron chi connectivity index (χ1n) is 9.84. The molecule has 0 bridgehead atoms. The molecule has 0 aromatic heterocycles. The molecule has 0 radical (unpaired) electrons. The minimum Gasteiger partial charge on any atom is -0.379 e. The third-order valence-electron chi connectivity index (χ3n) is 4.84. The zero-order valence-corrected chi connectivity index (χ0v) is 16.7. The lowest BCUT2D eigenvalue weighted by molar-refractivity contribution is 0.0371. The van der Waals surface area contributed by atoms with Crippen LogP contribution < -0.4 is 0 Å². The molecule has 1 saturated heterocycles. The Balaban J connectivity index is 1.41. The molecule has 0 amide bonds. The van der Waals surface area contributed by atoms with Crippen LogP contribution in [0.15, 0.2) is 18.2 Å². The molecule has 4 nitrogen and oxygen atoms in total. The fraction of sp³-hybridized carbons (Fsp3) is 0.667. The highest BCUT2D eigenvalue weighted by atomic mass is 35.5. The second kappa shape index (κ2) is 12.4. The largest absolute Gasteiger partial charge is 0.379 e. The molecule has 1 aliphatic rings. The maximum Gasteiger partial charge on any atom is 0.188 e. The lowest BCUT2D eigenvalue weighted by atomic mass is 10.1. The van der Waals surface area contributed by atoms with E-state index in [0.717, 1.165) is 38.3 Å². The van der Waals surface area contributed by atoms with E-state index in [-0.39, 0.29) is 12.4 Å². The summed E-state index contributed by atoms with van der Waals surface area (Å²) in [5.74, 6) is -0.00462. The third-order valence-corrected chi connectivity index (χ3v) is 5.25. The van der Waals surface area contributed by atoms with Crippen molar-refractivity contribution in [1.82, 2.24) is 4.90 Å². The van der Waals surface area contributed by atoms with Gasteiger partial charge in [0.05, 0.1) is 13.2 Å². The van der Waals surface area contributed by atoms with Gasteiger partial charge < -0.3 is 9.47 Å². The van der Waals surface area contributed by atoms with Crippen LogP contribution in [-0.4, -0.2) is 56.7 Å². The summed E-state index contributed by atoms with van der Waals surface area (Å²) in [5.41, 5.74) is 1.61. The number of carbonyl (C=O) groups excluding carboxylic acids is 1. The minimum absolute atomic E-state index is 0.00462. The fourth-order valence-corrected chi connectivity index (χ4v) is 3.27. The second-order valence-corrected chi connectivity index (χ2v) is 7.42. The maximum atomic E-state index is 12.1. The molecule has 0 atom stereocenters. The normalized spacial score (nSPS) is 15.3. The summed E-state index contributed by atoms with van der Waals surface area (Å²) in [6.07, 6.45) is 7.29. The van der Waals surface area contributed by atoms with Gasteiger partial charge in [-0.25, -0.2) is 0 Å². The molecule has 1 aromatic carbocycles. The van der Waals surface area contributed by atoms with Crippen molar-refractivity contribution in [1.29, 1.82) is 0 Å². The van der Waals surface area contributed by atoms with Crippen LogP contribution in [0.2, 0.25) is 5.02 Å². The Hall–Kier alpha value is -0.940. The van der Waals surface area contributed by atoms with Crippen LogP contribution in [0, 0.1) is 6.92 Å². The van der Waals surface area contributed by atoms with Gasteiger partial charge in [0.2, 0.25) is 0 Å². The highest BCUT2D eigenvalue weighted by molar-refractivity contribution is 6.31. The van der Waals surface area contributed by atoms with Crippen molar-refractivity contribution >= 4 is 17.4 Å². The van der Waals surface area contributed by atoms with Gasteiger partial charge >= 0.3 is 0 Å². The van der Waals surface area contributed by atoms with Crippen molar-refractivity contribution in [2.45, 2.75) is 45.4 Å². The van der Waals surface area contributed by atoms with E-state index in [2.05, 4.69) is 4.90 Å². The summed E-state index contributed by atoms with van der Waals surface area (Å²) in [6, 6.07) is 5.40. The standard InChI is InChI=1S/C21H32ClNO3/c1-18-8-9-19(16-20(18)22)21(24)17-26-13-7-5-3-2-4-6-10-23-11-14-25-15-12-23/h8-9,16H,2-7,10-15,17H2,1H3. The average Bonchev–Trinajstić information content (AvgIpc) is 2.66. The summed E-state index contributed by atoms with van der Waals surface area (Å²) in [5, 5.41) is 0.629. The lowest BCUT2D eigenvalue weighted by Gasteiger charge is -2.26. The van der Waals surface area contributed by atoms with E-state index in [4.69, 9.17) is 21.1 Å². The van der Waals surface area contributed by atoms with Gasteiger partial charge in [-0.05, 0) is 37.9 Å². The first-order chi connectivity index (χ1) is 12.7. The molecule has 26 heavy (non-hydrogen) atoms. The minimum atomic E-state index is -0.00462.